The summed E-state index contributed by atoms with van der Waals surface area (Å²) in [6, 6.07) is 10.4. The summed E-state index contributed by atoms with van der Waals surface area (Å²) in [5.74, 6) is 1.27. The number of anilines is 1. The Morgan fingerprint density at radius 1 is 0.800 bits per heavy atom. The van der Waals surface area contributed by atoms with Crippen molar-refractivity contribution in [1.29, 1.82) is 0 Å². The molecule has 2 aliphatic carbocycles. The van der Waals surface area contributed by atoms with Gasteiger partial charge in [-0.25, -0.2) is 4.98 Å². The fourth-order valence-electron chi connectivity index (χ4n) is 5.00. The van der Waals surface area contributed by atoms with Crippen molar-refractivity contribution in [2.24, 2.45) is 0 Å². The van der Waals surface area contributed by atoms with Gasteiger partial charge < -0.3 is 4.90 Å². The van der Waals surface area contributed by atoms with Crippen LogP contribution in [0.5, 0.6) is 0 Å². The van der Waals surface area contributed by atoms with Crippen LogP contribution in [0.4, 0.5) is 5.82 Å². The van der Waals surface area contributed by atoms with E-state index in [1.165, 1.54) is 86.5 Å². The van der Waals surface area contributed by atoms with E-state index in [9.17, 15) is 0 Å². The highest BCUT2D eigenvalue weighted by molar-refractivity contribution is 5.82. The van der Waals surface area contributed by atoms with Crippen molar-refractivity contribution in [3.63, 3.8) is 0 Å². The van der Waals surface area contributed by atoms with E-state index in [1.807, 2.05) is 0 Å². The van der Waals surface area contributed by atoms with Gasteiger partial charge in [-0.05, 0) is 62.8 Å². The zero-order chi connectivity index (χ0) is 17.2. The number of hydrogen-bond donors (Lipinski definition) is 0. The fraction of sp³-hybridized carbons (Fsp3) is 0.609. The topological polar surface area (TPSA) is 16.1 Å². The average molecular weight is 337 g/mol. The number of pyridine rings is 1. The van der Waals surface area contributed by atoms with Gasteiger partial charge in [0, 0.05) is 17.5 Å². The molecular weight excluding hydrogens is 304 g/mol. The molecule has 0 amide bonds. The normalized spacial score (nSPS) is 20.1. The van der Waals surface area contributed by atoms with E-state index in [4.69, 9.17) is 4.98 Å². The number of hydrogen-bond acceptors (Lipinski definition) is 2. The first-order chi connectivity index (χ1) is 12.2. The Morgan fingerprint density at radius 3 is 2.00 bits per heavy atom. The Hall–Kier alpha value is -1.57. The van der Waals surface area contributed by atoms with Crippen molar-refractivity contribution in [3.8, 4) is 0 Å². The van der Waals surface area contributed by atoms with Gasteiger partial charge in [0.1, 0.15) is 5.82 Å². The maximum Gasteiger partial charge on any atom is 0.132 e. The summed E-state index contributed by atoms with van der Waals surface area (Å²) in [5, 5.41) is 1.28. The third kappa shape index (κ3) is 3.54. The van der Waals surface area contributed by atoms with Crippen LogP contribution in [-0.4, -0.2) is 17.1 Å². The summed E-state index contributed by atoms with van der Waals surface area (Å²) in [6.07, 6.45) is 13.8. The van der Waals surface area contributed by atoms with E-state index >= 15 is 0 Å². The minimum atomic E-state index is 0.699. The van der Waals surface area contributed by atoms with Crippen molar-refractivity contribution in [2.45, 2.75) is 90.1 Å². The quantitative estimate of drug-likeness (QED) is 0.651. The van der Waals surface area contributed by atoms with E-state index in [0.29, 0.717) is 12.1 Å². The third-order valence-corrected chi connectivity index (χ3v) is 6.32. The number of rotatable bonds is 3. The van der Waals surface area contributed by atoms with Crippen molar-refractivity contribution < 1.29 is 0 Å². The van der Waals surface area contributed by atoms with Gasteiger partial charge in [-0.2, -0.15) is 0 Å². The van der Waals surface area contributed by atoms with E-state index in [0.717, 1.165) is 5.52 Å². The largest absolute Gasteiger partial charge is 0.350 e. The average Bonchev–Trinajstić information content (AvgIpc) is 2.64. The molecule has 0 atom stereocenters. The Labute approximate surface area is 152 Å². The highest BCUT2D eigenvalue weighted by Crippen LogP contribution is 2.36. The smallest absolute Gasteiger partial charge is 0.132 e. The van der Waals surface area contributed by atoms with Crippen molar-refractivity contribution in [3.05, 3.63) is 35.4 Å². The first-order valence-electron chi connectivity index (χ1n) is 10.4. The Balaban J connectivity index is 1.76. The molecule has 2 aromatic rings. The minimum absolute atomic E-state index is 0.699. The Kier molecular flexibility index (Phi) is 4.96. The molecule has 0 aliphatic heterocycles. The van der Waals surface area contributed by atoms with Crippen LogP contribution < -0.4 is 4.90 Å². The van der Waals surface area contributed by atoms with Crippen molar-refractivity contribution in [2.75, 3.05) is 4.90 Å². The predicted molar refractivity (Wildman–Crippen MR) is 107 cm³/mol. The standard InChI is InChI=1S/C23H32N2/c1-17-13-14-19-16-18(2)23(24-22(19)15-17)25(20-9-5-3-6-10-20)21-11-7-4-8-12-21/h13-16,20-21H,3-12H2,1-2H3. The third-order valence-electron chi connectivity index (χ3n) is 6.32. The van der Waals surface area contributed by atoms with Gasteiger partial charge in [0.25, 0.3) is 0 Å². The lowest BCUT2D eigenvalue weighted by molar-refractivity contribution is 0.337. The summed E-state index contributed by atoms with van der Waals surface area (Å²) in [6.45, 7) is 4.43. The summed E-state index contributed by atoms with van der Waals surface area (Å²) in [7, 11) is 0. The van der Waals surface area contributed by atoms with E-state index in [2.05, 4.69) is 43.0 Å². The van der Waals surface area contributed by atoms with Crippen LogP contribution in [0.15, 0.2) is 24.3 Å². The number of benzene rings is 1. The van der Waals surface area contributed by atoms with Gasteiger partial charge in [-0.15, -0.1) is 0 Å². The molecule has 1 aromatic carbocycles. The molecule has 1 aromatic heterocycles. The molecule has 1 heterocycles. The summed E-state index contributed by atoms with van der Waals surface area (Å²) in [5.41, 5.74) is 3.82. The molecule has 0 spiro atoms. The zero-order valence-electron chi connectivity index (χ0n) is 15.9. The highest BCUT2D eigenvalue weighted by atomic mass is 15.2. The zero-order valence-corrected chi connectivity index (χ0v) is 15.9. The molecule has 0 N–H and O–H groups in total. The second-order valence-corrected chi connectivity index (χ2v) is 8.32. The van der Waals surface area contributed by atoms with Crippen LogP contribution in [0.3, 0.4) is 0 Å². The highest BCUT2D eigenvalue weighted by Gasteiger charge is 2.30. The lowest BCUT2D eigenvalue weighted by Gasteiger charge is -2.43. The van der Waals surface area contributed by atoms with Crippen LogP contribution in [0, 0.1) is 13.8 Å². The van der Waals surface area contributed by atoms with Crippen LogP contribution in [0.25, 0.3) is 10.9 Å². The van der Waals surface area contributed by atoms with Gasteiger partial charge in [-0.3, -0.25) is 0 Å². The van der Waals surface area contributed by atoms with Gasteiger partial charge in [0.05, 0.1) is 5.52 Å². The molecule has 2 nitrogen and oxygen atoms in total. The SMILES string of the molecule is Cc1ccc2cc(C)c(N(C3CCCCC3)C3CCCCC3)nc2c1. The lowest BCUT2D eigenvalue weighted by Crippen LogP contribution is -2.46. The second kappa shape index (κ2) is 7.35. The monoisotopic (exact) mass is 336 g/mol. The molecular formula is C23H32N2. The van der Waals surface area contributed by atoms with Gasteiger partial charge in [-0.1, -0.05) is 50.7 Å². The van der Waals surface area contributed by atoms with Crippen LogP contribution in [0.2, 0.25) is 0 Å². The second-order valence-electron chi connectivity index (χ2n) is 8.32. The van der Waals surface area contributed by atoms with Crippen molar-refractivity contribution >= 4 is 16.7 Å². The van der Waals surface area contributed by atoms with E-state index < -0.39 is 0 Å². The molecule has 0 bridgehead atoms. The molecule has 2 heteroatoms. The number of aromatic nitrogens is 1. The van der Waals surface area contributed by atoms with E-state index in [-0.39, 0.29) is 0 Å². The Bertz CT molecular complexity index is 706. The van der Waals surface area contributed by atoms with E-state index in [1.54, 1.807) is 0 Å². The molecule has 134 valence electrons. The predicted octanol–water partition coefficient (Wildman–Crippen LogP) is 6.32. The fourth-order valence-corrected chi connectivity index (χ4v) is 5.00. The molecule has 2 aliphatic rings. The molecule has 4 rings (SSSR count). The maximum absolute atomic E-state index is 5.21. The molecule has 0 radical (unpaired) electrons. The summed E-state index contributed by atoms with van der Waals surface area (Å²) < 4.78 is 0. The molecule has 25 heavy (non-hydrogen) atoms. The number of fused-ring (bicyclic) bond motifs is 1. The lowest BCUT2D eigenvalue weighted by atomic mass is 9.88. The molecule has 0 saturated heterocycles. The molecule has 0 unspecified atom stereocenters. The minimum Gasteiger partial charge on any atom is -0.350 e. The summed E-state index contributed by atoms with van der Waals surface area (Å²) in [4.78, 5) is 7.99. The Morgan fingerprint density at radius 2 is 1.40 bits per heavy atom. The van der Waals surface area contributed by atoms with Gasteiger partial charge in [0.2, 0.25) is 0 Å². The first kappa shape index (κ1) is 16.9. The van der Waals surface area contributed by atoms with Crippen LogP contribution >= 0.6 is 0 Å². The number of aryl methyl sites for hydroxylation is 2. The van der Waals surface area contributed by atoms with Crippen LogP contribution in [0.1, 0.15) is 75.3 Å². The van der Waals surface area contributed by atoms with Gasteiger partial charge in [0.15, 0.2) is 0 Å². The van der Waals surface area contributed by atoms with Gasteiger partial charge >= 0.3 is 0 Å². The molecule has 2 fully saturated rings. The summed E-state index contributed by atoms with van der Waals surface area (Å²) >= 11 is 0. The van der Waals surface area contributed by atoms with Crippen LogP contribution in [-0.2, 0) is 0 Å². The van der Waals surface area contributed by atoms with Crippen molar-refractivity contribution in [1.82, 2.24) is 4.98 Å². The number of nitrogens with zero attached hydrogens (tertiary/aromatic N) is 2. The first-order valence-corrected chi connectivity index (χ1v) is 10.4. The maximum atomic E-state index is 5.21. The molecule has 2 saturated carbocycles.